The maximum absolute atomic E-state index is 13.6. The Morgan fingerprint density at radius 3 is 2.71 bits per heavy atom. The molecule has 5 rings (SSSR count). The molecule has 28 heavy (non-hydrogen) atoms. The molecular formula is C19H19ClFN5O2. The van der Waals surface area contributed by atoms with Crippen molar-refractivity contribution < 1.29 is 13.9 Å². The highest BCUT2D eigenvalue weighted by Crippen LogP contribution is 2.43. The van der Waals surface area contributed by atoms with E-state index in [-0.39, 0.29) is 18.1 Å². The van der Waals surface area contributed by atoms with Crippen LogP contribution in [0.25, 0.3) is 0 Å². The number of nitrogens with zero attached hydrogens (tertiary/aromatic N) is 5. The first-order valence-corrected chi connectivity index (χ1v) is 9.55. The third kappa shape index (κ3) is 2.74. The number of ether oxygens (including phenoxy) is 1. The number of amides is 2. The molecule has 0 aliphatic carbocycles. The van der Waals surface area contributed by atoms with Gasteiger partial charge < -0.3 is 14.5 Å². The second-order valence-corrected chi connectivity index (χ2v) is 8.08. The molecule has 3 aliphatic heterocycles. The van der Waals surface area contributed by atoms with E-state index in [0.29, 0.717) is 29.5 Å². The number of carbonyl (C=O) groups is 1. The van der Waals surface area contributed by atoms with Crippen LogP contribution < -0.4 is 14.5 Å². The molecule has 2 saturated heterocycles. The van der Waals surface area contributed by atoms with Crippen molar-refractivity contribution in [1.29, 1.82) is 0 Å². The van der Waals surface area contributed by atoms with Crippen LogP contribution in [0.15, 0.2) is 36.7 Å². The van der Waals surface area contributed by atoms with Gasteiger partial charge in [0, 0.05) is 55.1 Å². The summed E-state index contributed by atoms with van der Waals surface area (Å²) in [4.78, 5) is 27.1. The highest BCUT2D eigenvalue weighted by Gasteiger charge is 2.55. The van der Waals surface area contributed by atoms with E-state index < -0.39 is 12.7 Å². The number of alkyl halides is 1. The SMILES string of the molecule is O=C(N1CC2(C1)CN(c1ncccn1)C2)N1c2ccc(Cl)cc2OCC1CF. The molecule has 0 bridgehead atoms. The van der Waals surface area contributed by atoms with Crippen LogP contribution in [0.1, 0.15) is 0 Å². The molecule has 1 aromatic carbocycles. The van der Waals surface area contributed by atoms with Gasteiger partial charge in [0.25, 0.3) is 0 Å². The highest BCUT2D eigenvalue weighted by atomic mass is 35.5. The highest BCUT2D eigenvalue weighted by molar-refractivity contribution is 6.30. The first kappa shape index (κ1) is 17.5. The molecule has 9 heteroatoms. The first-order valence-electron chi connectivity index (χ1n) is 9.17. The zero-order valence-electron chi connectivity index (χ0n) is 15.1. The fraction of sp³-hybridized carbons (Fsp3) is 0.421. The predicted octanol–water partition coefficient (Wildman–Crippen LogP) is 2.61. The lowest BCUT2D eigenvalue weighted by atomic mass is 9.73. The standard InChI is InChI=1S/C19H19ClFN5O2/c20-13-2-3-15-16(6-13)28-8-14(7-21)26(15)18(27)25-11-19(12-25)9-24(10-19)17-22-4-1-5-23-17/h1-6,14H,7-12H2. The third-order valence-corrected chi connectivity index (χ3v) is 5.81. The Kier molecular flexibility index (Phi) is 4.04. The molecule has 2 fully saturated rings. The fourth-order valence-corrected chi connectivity index (χ4v) is 4.41. The number of aromatic nitrogens is 2. The van der Waals surface area contributed by atoms with Gasteiger partial charge in [-0.15, -0.1) is 0 Å². The zero-order valence-corrected chi connectivity index (χ0v) is 15.8. The van der Waals surface area contributed by atoms with Crippen molar-refractivity contribution >= 4 is 29.3 Å². The molecule has 0 saturated carbocycles. The lowest BCUT2D eigenvalue weighted by Gasteiger charge is -2.60. The Morgan fingerprint density at radius 1 is 1.25 bits per heavy atom. The Labute approximate surface area is 166 Å². The smallest absolute Gasteiger partial charge is 0.325 e. The monoisotopic (exact) mass is 403 g/mol. The second-order valence-electron chi connectivity index (χ2n) is 7.64. The zero-order chi connectivity index (χ0) is 19.3. The number of carbonyl (C=O) groups excluding carboxylic acids is 1. The van der Waals surface area contributed by atoms with Crippen LogP contribution in [0.4, 0.5) is 20.8 Å². The van der Waals surface area contributed by atoms with Crippen LogP contribution in [0.2, 0.25) is 5.02 Å². The van der Waals surface area contributed by atoms with Crippen LogP contribution in [0, 0.1) is 5.41 Å². The fourth-order valence-electron chi connectivity index (χ4n) is 4.24. The lowest BCUT2D eigenvalue weighted by molar-refractivity contribution is 0.00778. The topological polar surface area (TPSA) is 61.8 Å². The van der Waals surface area contributed by atoms with Gasteiger partial charge in [0.05, 0.1) is 5.69 Å². The van der Waals surface area contributed by atoms with Crippen LogP contribution >= 0.6 is 11.6 Å². The molecule has 1 spiro atoms. The maximum Gasteiger partial charge on any atom is 0.325 e. The largest absolute Gasteiger partial charge is 0.489 e. The molecule has 1 aromatic heterocycles. The van der Waals surface area contributed by atoms with Gasteiger partial charge in [0.1, 0.15) is 25.1 Å². The summed E-state index contributed by atoms with van der Waals surface area (Å²) in [5.41, 5.74) is 0.645. The number of rotatable bonds is 2. The number of urea groups is 1. The Bertz CT molecular complexity index is 900. The lowest BCUT2D eigenvalue weighted by Crippen LogP contribution is -2.75. The van der Waals surface area contributed by atoms with Gasteiger partial charge in [-0.3, -0.25) is 4.90 Å². The van der Waals surface area contributed by atoms with Crippen molar-refractivity contribution in [2.45, 2.75) is 6.04 Å². The number of hydrogen-bond acceptors (Lipinski definition) is 5. The minimum absolute atomic E-state index is 0.0786. The first-order chi connectivity index (χ1) is 13.6. The van der Waals surface area contributed by atoms with E-state index in [4.69, 9.17) is 16.3 Å². The average molecular weight is 404 g/mol. The number of benzene rings is 1. The van der Waals surface area contributed by atoms with Crippen molar-refractivity contribution in [3.8, 4) is 5.75 Å². The second kappa shape index (κ2) is 6.48. The molecule has 3 aliphatic rings. The maximum atomic E-state index is 13.6. The van der Waals surface area contributed by atoms with Crippen LogP contribution in [0.5, 0.6) is 5.75 Å². The third-order valence-electron chi connectivity index (χ3n) is 5.57. The molecular weight excluding hydrogens is 385 g/mol. The van der Waals surface area contributed by atoms with Gasteiger partial charge in [-0.25, -0.2) is 19.2 Å². The van der Waals surface area contributed by atoms with Crippen molar-refractivity contribution in [3.05, 3.63) is 41.7 Å². The van der Waals surface area contributed by atoms with Gasteiger partial charge in [0.15, 0.2) is 0 Å². The number of likely N-dealkylation sites (tertiary alicyclic amines) is 1. The van der Waals surface area contributed by atoms with E-state index >= 15 is 0 Å². The van der Waals surface area contributed by atoms with E-state index in [1.54, 1.807) is 41.6 Å². The van der Waals surface area contributed by atoms with E-state index in [2.05, 4.69) is 14.9 Å². The Balaban J connectivity index is 1.28. The van der Waals surface area contributed by atoms with Gasteiger partial charge in [0.2, 0.25) is 5.95 Å². The number of halogens is 2. The minimum atomic E-state index is -0.661. The van der Waals surface area contributed by atoms with Gasteiger partial charge in [-0.2, -0.15) is 0 Å². The van der Waals surface area contributed by atoms with Crippen LogP contribution in [-0.4, -0.2) is 66.4 Å². The summed E-state index contributed by atoms with van der Waals surface area (Å²) in [5.74, 6) is 1.23. The van der Waals surface area contributed by atoms with Gasteiger partial charge in [-0.05, 0) is 18.2 Å². The van der Waals surface area contributed by atoms with E-state index in [9.17, 15) is 9.18 Å². The molecule has 0 N–H and O–H groups in total. The Morgan fingerprint density at radius 2 is 2.00 bits per heavy atom. The summed E-state index contributed by atoms with van der Waals surface area (Å²) >= 11 is 6.02. The molecule has 7 nitrogen and oxygen atoms in total. The summed E-state index contributed by atoms with van der Waals surface area (Å²) < 4.78 is 19.2. The Hall–Kier alpha value is -2.61. The number of anilines is 2. The molecule has 146 valence electrons. The van der Waals surface area contributed by atoms with Crippen molar-refractivity contribution in [2.75, 3.05) is 49.3 Å². The van der Waals surface area contributed by atoms with Gasteiger partial charge in [-0.1, -0.05) is 11.6 Å². The molecule has 1 unspecified atom stereocenters. The summed E-state index contributed by atoms with van der Waals surface area (Å²) in [6.07, 6.45) is 3.45. The molecule has 2 amide bonds. The summed E-state index contributed by atoms with van der Waals surface area (Å²) in [5, 5.41) is 0.519. The molecule has 4 heterocycles. The summed E-state index contributed by atoms with van der Waals surface area (Å²) in [7, 11) is 0. The van der Waals surface area contributed by atoms with Crippen molar-refractivity contribution in [2.24, 2.45) is 5.41 Å². The van der Waals surface area contributed by atoms with E-state index in [1.165, 1.54) is 4.90 Å². The van der Waals surface area contributed by atoms with E-state index in [1.807, 2.05) is 0 Å². The summed E-state index contributed by atoms with van der Waals surface area (Å²) in [6, 6.07) is 6.03. The predicted molar refractivity (Wildman–Crippen MR) is 103 cm³/mol. The van der Waals surface area contributed by atoms with Crippen LogP contribution in [0.3, 0.4) is 0 Å². The number of fused-ring (bicyclic) bond motifs is 1. The van der Waals surface area contributed by atoms with Gasteiger partial charge >= 0.3 is 6.03 Å². The average Bonchev–Trinajstić information content (AvgIpc) is 2.65. The quantitative estimate of drug-likeness (QED) is 0.771. The molecule has 1 atom stereocenters. The molecule has 0 radical (unpaired) electrons. The van der Waals surface area contributed by atoms with Crippen molar-refractivity contribution in [1.82, 2.24) is 14.9 Å². The van der Waals surface area contributed by atoms with E-state index in [0.717, 1.165) is 19.0 Å². The molecule has 2 aromatic rings. The summed E-state index contributed by atoms with van der Waals surface area (Å²) in [6.45, 7) is 2.40. The van der Waals surface area contributed by atoms with Crippen molar-refractivity contribution in [3.63, 3.8) is 0 Å². The minimum Gasteiger partial charge on any atom is -0.489 e. The normalized spacial score (nSPS) is 22.2. The number of hydrogen-bond donors (Lipinski definition) is 0. The van der Waals surface area contributed by atoms with Crippen LogP contribution in [-0.2, 0) is 0 Å².